The van der Waals surface area contributed by atoms with Crippen LogP contribution in [0.1, 0.15) is 19.8 Å². The van der Waals surface area contributed by atoms with Crippen LogP contribution in [0.25, 0.3) is 0 Å². The Morgan fingerprint density at radius 3 is 2.92 bits per heavy atom. The van der Waals surface area contributed by atoms with E-state index in [1.54, 1.807) is 0 Å². The molecule has 0 bridgehead atoms. The number of imidazole rings is 1. The summed E-state index contributed by atoms with van der Waals surface area (Å²) in [5.74, 6) is 1.80. The third kappa shape index (κ3) is 1.46. The highest BCUT2D eigenvalue weighted by Gasteiger charge is 2.25. The molecule has 0 unspecified atom stereocenters. The van der Waals surface area contributed by atoms with Crippen molar-refractivity contribution in [2.75, 3.05) is 0 Å². The van der Waals surface area contributed by atoms with E-state index < -0.39 is 0 Å². The lowest BCUT2D eigenvalue weighted by molar-refractivity contribution is 0.187. The largest absolute Gasteiger partial charge is 0.337 e. The molecule has 0 aromatic carbocycles. The zero-order valence-electron chi connectivity index (χ0n) is 7.29. The standard InChI is InChI=1S/C9H14N2S/c1-7-4-8(5-7)6-11-3-2-10-9(11)12/h2-3,7-8H,4-6H2,1H3,(H,10,12). The minimum absolute atomic E-state index is 0.856. The lowest BCUT2D eigenvalue weighted by Crippen LogP contribution is -2.25. The van der Waals surface area contributed by atoms with Gasteiger partial charge in [-0.05, 0) is 36.9 Å². The van der Waals surface area contributed by atoms with Crippen LogP contribution in [0.4, 0.5) is 0 Å². The van der Waals surface area contributed by atoms with Gasteiger partial charge in [-0.3, -0.25) is 0 Å². The second-order valence-electron chi connectivity index (χ2n) is 3.86. The van der Waals surface area contributed by atoms with Crippen LogP contribution in [0.3, 0.4) is 0 Å². The summed E-state index contributed by atoms with van der Waals surface area (Å²) >= 11 is 5.11. The van der Waals surface area contributed by atoms with E-state index in [2.05, 4.69) is 16.5 Å². The Kier molecular flexibility index (Phi) is 2.05. The van der Waals surface area contributed by atoms with Crippen LogP contribution in [-0.2, 0) is 6.54 Å². The number of aromatic amines is 1. The third-order valence-electron chi connectivity index (χ3n) is 2.65. The van der Waals surface area contributed by atoms with E-state index in [1.807, 2.05) is 12.4 Å². The number of hydrogen-bond donors (Lipinski definition) is 1. The van der Waals surface area contributed by atoms with Crippen LogP contribution >= 0.6 is 12.2 Å². The number of aromatic nitrogens is 2. The van der Waals surface area contributed by atoms with Gasteiger partial charge in [0.2, 0.25) is 0 Å². The fourth-order valence-electron chi connectivity index (χ4n) is 1.99. The molecule has 0 atom stereocenters. The summed E-state index contributed by atoms with van der Waals surface area (Å²) in [6.45, 7) is 3.42. The van der Waals surface area contributed by atoms with Crippen molar-refractivity contribution in [3.05, 3.63) is 17.2 Å². The summed E-state index contributed by atoms with van der Waals surface area (Å²) in [6, 6.07) is 0. The summed E-state index contributed by atoms with van der Waals surface area (Å²) in [6.07, 6.45) is 6.68. The Bertz CT molecular complexity index is 306. The van der Waals surface area contributed by atoms with Gasteiger partial charge in [0, 0.05) is 18.9 Å². The molecule has 2 rings (SSSR count). The summed E-state index contributed by atoms with van der Waals surface area (Å²) in [5, 5.41) is 0. The number of nitrogens with one attached hydrogen (secondary N) is 1. The molecule has 0 radical (unpaired) electrons. The van der Waals surface area contributed by atoms with Gasteiger partial charge < -0.3 is 9.55 Å². The maximum Gasteiger partial charge on any atom is 0.177 e. The van der Waals surface area contributed by atoms with E-state index in [-0.39, 0.29) is 0 Å². The molecular weight excluding hydrogens is 168 g/mol. The summed E-state index contributed by atoms with van der Waals surface area (Å²) < 4.78 is 2.99. The van der Waals surface area contributed by atoms with Crippen LogP contribution in [-0.4, -0.2) is 9.55 Å². The highest BCUT2D eigenvalue weighted by atomic mass is 32.1. The Morgan fingerprint density at radius 2 is 2.42 bits per heavy atom. The van der Waals surface area contributed by atoms with Crippen molar-refractivity contribution in [3.63, 3.8) is 0 Å². The average Bonchev–Trinajstić information content (AvgIpc) is 2.33. The molecule has 1 aliphatic rings. The van der Waals surface area contributed by atoms with Crippen molar-refractivity contribution in [2.45, 2.75) is 26.3 Å². The van der Waals surface area contributed by atoms with Crippen LogP contribution in [0.2, 0.25) is 0 Å². The second kappa shape index (κ2) is 3.05. The second-order valence-corrected chi connectivity index (χ2v) is 4.25. The molecule has 2 nitrogen and oxygen atoms in total. The highest BCUT2D eigenvalue weighted by Crippen LogP contribution is 2.33. The summed E-state index contributed by atoms with van der Waals surface area (Å²) in [4.78, 5) is 3.01. The van der Waals surface area contributed by atoms with E-state index in [0.29, 0.717) is 0 Å². The molecule has 1 N–H and O–H groups in total. The summed E-state index contributed by atoms with van der Waals surface area (Å²) in [7, 11) is 0. The maximum atomic E-state index is 5.11. The van der Waals surface area contributed by atoms with Gasteiger partial charge in [-0.1, -0.05) is 6.92 Å². The first-order valence-corrected chi connectivity index (χ1v) is 4.90. The number of hydrogen-bond acceptors (Lipinski definition) is 1. The Hall–Kier alpha value is -0.570. The van der Waals surface area contributed by atoms with Crippen molar-refractivity contribution in [1.82, 2.24) is 9.55 Å². The Labute approximate surface area is 77.6 Å². The topological polar surface area (TPSA) is 20.7 Å². The molecule has 0 amide bonds. The molecule has 1 saturated carbocycles. The SMILES string of the molecule is CC1CC(Cn2cc[nH]c2=S)C1. The lowest BCUT2D eigenvalue weighted by Gasteiger charge is -2.32. The molecule has 0 saturated heterocycles. The van der Waals surface area contributed by atoms with Gasteiger partial charge in [-0.25, -0.2) is 0 Å². The van der Waals surface area contributed by atoms with Crippen molar-refractivity contribution in [2.24, 2.45) is 11.8 Å². The normalized spacial score (nSPS) is 28.4. The fraction of sp³-hybridized carbons (Fsp3) is 0.667. The van der Waals surface area contributed by atoms with Crippen LogP contribution in [0.5, 0.6) is 0 Å². The van der Waals surface area contributed by atoms with E-state index in [1.165, 1.54) is 12.8 Å². The molecule has 1 heterocycles. The minimum Gasteiger partial charge on any atom is -0.337 e. The monoisotopic (exact) mass is 182 g/mol. The van der Waals surface area contributed by atoms with Gasteiger partial charge in [-0.15, -0.1) is 0 Å². The fourth-order valence-corrected chi connectivity index (χ4v) is 2.19. The smallest absolute Gasteiger partial charge is 0.177 e. The van der Waals surface area contributed by atoms with Gasteiger partial charge in [0.25, 0.3) is 0 Å². The van der Waals surface area contributed by atoms with E-state index in [9.17, 15) is 0 Å². The first kappa shape index (κ1) is 8.05. The van der Waals surface area contributed by atoms with Gasteiger partial charge >= 0.3 is 0 Å². The van der Waals surface area contributed by atoms with Crippen LogP contribution in [0.15, 0.2) is 12.4 Å². The molecule has 1 aromatic heterocycles. The van der Waals surface area contributed by atoms with E-state index in [4.69, 9.17) is 12.2 Å². The Balaban J connectivity index is 1.96. The number of H-pyrrole nitrogens is 1. The molecule has 3 heteroatoms. The molecule has 1 fully saturated rings. The molecular formula is C9H14N2S. The molecule has 66 valence electrons. The number of rotatable bonds is 2. The maximum absolute atomic E-state index is 5.11. The van der Waals surface area contributed by atoms with Crippen molar-refractivity contribution < 1.29 is 0 Å². The first-order chi connectivity index (χ1) is 5.75. The van der Waals surface area contributed by atoms with Crippen LogP contribution in [0, 0.1) is 16.6 Å². The quantitative estimate of drug-likeness (QED) is 0.697. The predicted molar refractivity (Wildman–Crippen MR) is 51.5 cm³/mol. The molecule has 0 spiro atoms. The average molecular weight is 182 g/mol. The van der Waals surface area contributed by atoms with Gasteiger partial charge in [0.05, 0.1) is 0 Å². The van der Waals surface area contributed by atoms with Gasteiger partial charge in [-0.2, -0.15) is 0 Å². The molecule has 12 heavy (non-hydrogen) atoms. The zero-order valence-corrected chi connectivity index (χ0v) is 8.10. The minimum atomic E-state index is 0.856. The molecule has 1 aliphatic carbocycles. The van der Waals surface area contributed by atoms with Crippen LogP contribution < -0.4 is 0 Å². The lowest BCUT2D eigenvalue weighted by atomic mass is 9.76. The predicted octanol–water partition coefficient (Wildman–Crippen LogP) is 2.59. The third-order valence-corrected chi connectivity index (χ3v) is 3.00. The summed E-state index contributed by atoms with van der Waals surface area (Å²) in [5.41, 5.74) is 0. The van der Waals surface area contributed by atoms with Gasteiger partial charge in [0.1, 0.15) is 0 Å². The number of nitrogens with zero attached hydrogens (tertiary/aromatic N) is 1. The van der Waals surface area contributed by atoms with Gasteiger partial charge in [0.15, 0.2) is 4.77 Å². The zero-order chi connectivity index (χ0) is 8.55. The molecule has 0 aliphatic heterocycles. The Morgan fingerprint density at radius 1 is 1.67 bits per heavy atom. The van der Waals surface area contributed by atoms with E-state index >= 15 is 0 Å². The van der Waals surface area contributed by atoms with E-state index in [0.717, 1.165) is 23.2 Å². The highest BCUT2D eigenvalue weighted by molar-refractivity contribution is 7.71. The van der Waals surface area contributed by atoms with Crippen molar-refractivity contribution >= 4 is 12.2 Å². The van der Waals surface area contributed by atoms with Crippen molar-refractivity contribution in [3.8, 4) is 0 Å². The van der Waals surface area contributed by atoms with Crippen molar-refractivity contribution in [1.29, 1.82) is 0 Å². The first-order valence-electron chi connectivity index (χ1n) is 4.49. The molecule has 1 aromatic rings.